The standard InChI is InChI=1S/C13H13NO4S/c15-9-5-6-10(16)14(9)12-11(13(17)18)7-3-1-2-4-8(7)19-12/h1-6H2,(H,17,18). The molecule has 2 heterocycles. The highest BCUT2D eigenvalue weighted by molar-refractivity contribution is 7.17. The fourth-order valence-electron chi connectivity index (χ4n) is 2.73. The first kappa shape index (κ1) is 12.3. The largest absolute Gasteiger partial charge is 0.478 e. The molecule has 1 aliphatic carbocycles. The Kier molecular flexibility index (Phi) is 2.89. The first-order valence-corrected chi connectivity index (χ1v) is 7.15. The van der Waals surface area contributed by atoms with E-state index in [0.717, 1.165) is 41.0 Å². The minimum absolute atomic E-state index is 0.170. The van der Waals surface area contributed by atoms with E-state index in [1.165, 1.54) is 11.3 Å². The van der Waals surface area contributed by atoms with Crippen LogP contribution in [0.25, 0.3) is 0 Å². The maximum Gasteiger partial charge on any atom is 0.339 e. The van der Waals surface area contributed by atoms with Gasteiger partial charge in [0.15, 0.2) is 0 Å². The zero-order valence-electron chi connectivity index (χ0n) is 10.3. The van der Waals surface area contributed by atoms with Gasteiger partial charge in [-0.25, -0.2) is 9.69 Å². The molecule has 0 unspecified atom stereocenters. The molecule has 3 rings (SSSR count). The first-order chi connectivity index (χ1) is 9.09. The number of carbonyl (C=O) groups is 3. The third-order valence-electron chi connectivity index (χ3n) is 3.62. The number of thiophene rings is 1. The van der Waals surface area contributed by atoms with E-state index in [1.54, 1.807) is 0 Å². The molecule has 1 aromatic rings. The second-order valence-corrected chi connectivity index (χ2v) is 5.90. The lowest BCUT2D eigenvalue weighted by Crippen LogP contribution is -2.29. The molecule has 100 valence electrons. The van der Waals surface area contributed by atoms with Crippen LogP contribution in [0.15, 0.2) is 0 Å². The average Bonchev–Trinajstić information content (AvgIpc) is 2.89. The number of carbonyl (C=O) groups excluding carboxylic acids is 2. The summed E-state index contributed by atoms with van der Waals surface area (Å²) in [4.78, 5) is 37.2. The smallest absolute Gasteiger partial charge is 0.339 e. The molecule has 0 spiro atoms. The van der Waals surface area contributed by atoms with Crippen molar-refractivity contribution in [3.8, 4) is 0 Å². The Morgan fingerprint density at radius 1 is 1.05 bits per heavy atom. The van der Waals surface area contributed by atoms with E-state index in [9.17, 15) is 19.5 Å². The maximum absolute atomic E-state index is 11.8. The molecule has 5 nitrogen and oxygen atoms in total. The van der Waals surface area contributed by atoms with Gasteiger partial charge in [0.25, 0.3) is 0 Å². The summed E-state index contributed by atoms with van der Waals surface area (Å²) in [5.41, 5.74) is 0.995. The van der Waals surface area contributed by atoms with Gasteiger partial charge in [0.05, 0.1) is 5.56 Å². The van der Waals surface area contributed by atoms with E-state index in [-0.39, 0.29) is 30.2 Å². The number of aryl methyl sites for hydroxylation is 1. The monoisotopic (exact) mass is 279 g/mol. The van der Waals surface area contributed by atoms with Crippen molar-refractivity contribution in [1.82, 2.24) is 0 Å². The molecule has 2 aliphatic rings. The van der Waals surface area contributed by atoms with Gasteiger partial charge in [-0.1, -0.05) is 0 Å². The molecule has 1 fully saturated rings. The summed E-state index contributed by atoms with van der Waals surface area (Å²) >= 11 is 1.30. The van der Waals surface area contributed by atoms with Gasteiger partial charge in [-0.3, -0.25) is 9.59 Å². The van der Waals surface area contributed by atoms with E-state index in [0.29, 0.717) is 5.00 Å². The van der Waals surface area contributed by atoms with Crippen molar-refractivity contribution < 1.29 is 19.5 Å². The van der Waals surface area contributed by atoms with E-state index in [1.807, 2.05) is 0 Å². The number of carboxylic acids is 1. The molecule has 0 aromatic carbocycles. The van der Waals surface area contributed by atoms with Gasteiger partial charge in [0, 0.05) is 17.7 Å². The van der Waals surface area contributed by atoms with Crippen LogP contribution in [0.3, 0.4) is 0 Å². The van der Waals surface area contributed by atoms with Gasteiger partial charge in [-0.05, 0) is 31.2 Å². The number of fused-ring (bicyclic) bond motifs is 1. The summed E-state index contributed by atoms with van der Waals surface area (Å²) in [6.07, 6.45) is 3.93. The third-order valence-corrected chi connectivity index (χ3v) is 4.90. The summed E-state index contributed by atoms with van der Waals surface area (Å²) in [6.45, 7) is 0. The Bertz CT molecular complexity index is 574. The van der Waals surface area contributed by atoms with Gasteiger partial charge in [0.2, 0.25) is 11.8 Å². The maximum atomic E-state index is 11.8. The summed E-state index contributed by atoms with van der Waals surface area (Å²) in [7, 11) is 0. The molecule has 1 saturated heterocycles. The molecule has 0 saturated carbocycles. The lowest BCUT2D eigenvalue weighted by atomic mass is 9.95. The number of rotatable bonds is 2. The van der Waals surface area contributed by atoms with Crippen LogP contribution in [0.1, 0.15) is 46.5 Å². The van der Waals surface area contributed by atoms with Crippen molar-refractivity contribution in [2.75, 3.05) is 4.90 Å². The van der Waals surface area contributed by atoms with E-state index < -0.39 is 5.97 Å². The van der Waals surface area contributed by atoms with Crippen LogP contribution in [0, 0.1) is 0 Å². The van der Waals surface area contributed by atoms with Crippen molar-refractivity contribution in [2.45, 2.75) is 38.5 Å². The molecule has 2 amide bonds. The quantitative estimate of drug-likeness (QED) is 0.840. The van der Waals surface area contributed by atoms with Crippen LogP contribution in [0.2, 0.25) is 0 Å². The highest BCUT2D eigenvalue weighted by Gasteiger charge is 2.37. The summed E-state index contributed by atoms with van der Waals surface area (Å²) < 4.78 is 0. The van der Waals surface area contributed by atoms with Crippen LogP contribution in [-0.4, -0.2) is 22.9 Å². The van der Waals surface area contributed by atoms with Crippen molar-refractivity contribution in [1.29, 1.82) is 0 Å². The normalized spacial score (nSPS) is 18.8. The van der Waals surface area contributed by atoms with E-state index >= 15 is 0 Å². The predicted molar refractivity (Wildman–Crippen MR) is 69.6 cm³/mol. The molecular formula is C13H13NO4S. The molecule has 6 heteroatoms. The number of aromatic carboxylic acids is 1. The van der Waals surface area contributed by atoms with Crippen molar-refractivity contribution in [3.63, 3.8) is 0 Å². The molecule has 0 radical (unpaired) electrons. The highest BCUT2D eigenvalue weighted by Crippen LogP contribution is 2.41. The summed E-state index contributed by atoms with van der Waals surface area (Å²) in [5.74, 6) is -1.61. The Balaban J connectivity index is 2.15. The third kappa shape index (κ3) is 1.87. The van der Waals surface area contributed by atoms with Gasteiger partial charge < -0.3 is 5.11 Å². The van der Waals surface area contributed by atoms with Crippen molar-refractivity contribution >= 4 is 34.1 Å². The van der Waals surface area contributed by atoms with Crippen LogP contribution in [0.4, 0.5) is 5.00 Å². The zero-order valence-corrected chi connectivity index (χ0v) is 11.1. The second kappa shape index (κ2) is 4.45. The Morgan fingerprint density at radius 2 is 1.68 bits per heavy atom. The average molecular weight is 279 g/mol. The van der Waals surface area contributed by atoms with Gasteiger partial charge in [-0.15, -0.1) is 11.3 Å². The number of nitrogens with zero attached hydrogens (tertiary/aromatic N) is 1. The predicted octanol–water partition coefficient (Wildman–Crippen LogP) is 1.98. The molecule has 1 aliphatic heterocycles. The van der Waals surface area contributed by atoms with E-state index in [2.05, 4.69) is 0 Å². The zero-order chi connectivity index (χ0) is 13.6. The molecule has 1 N–H and O–H groups in total. The second-order valence-electron chi connectivity index (χ2n) is 4.82. The minimum atomic E-state index is -1.04. The number of amides is 2. The fourth-order valence-corrected chi connectivity index (χ4v) is 4.15. The fraction of sp³-hybridized carbons (Fsp3) is 0.462. The lowest BCUT2D eigenvalue weighted by Gasteiger charge is -2.13. The topological polar surface area (TPSA) is 74.7 Å². The van der Waals surface area contributed by atoms with Crippen LogP contribution in [0.5, 0.6) is 0 Å². The van der Waals surface area contributed by atoms with Crippen LogP contribution in [-0.2, 0) is 22.4 Å². The Labute approximate surface area is 113 Å². The number of hydrogen-bond acceptors (Lipinski definition) is 4. The van der Waals surface area contributed by atoms with Crippen molar-refractivity contribution in [3.05, 3.63) is 16.0 Å². The molecular weight excluding hydrogens is 266 g/mol. The molecule has 1 aromatic heterocycles. The van der Waals surface area contributed by atoms with Gasteiger partial charge in [-0.2, -0.15) is 0 Å². The number of imide groups is 1. The molecule has 0 bridgehead atoms. The summed E-state index contributed by atoms with van der Waals surface area (Å²) in [6, 6.07) is 0. The highest BCUT2D eigenvalue weighted by atomic mass is 32.1. The van der Waals surface area contributed by atoms with Crippen LogP contribution < -0.4 is 4.90 Å². The Hall–Kier alpha value is -1.69. The summed E-state index contributed by atoms with van der Waals surface area (Å²) in [5, 5.41) is 9.73. The van der Waals surface area contributed by atoms with E-state index in [4.69, 9.17) is 0 Å². The first-order valence-electron chi connectivity index (χ1n) is 6.33. The van der Waals surface area contributed by atoms with Gasteiger partial charge in [0.1, 0.15) is 5.00 Å². The lowest BCUT2D eigenvalue weighted by molar-refractivity contribution is -0.121. The molecule has 19 heavy (non-hydrogen) atoms. The van der Waals surface area contributed by atoms with Crippen molar-refractivity contribution in [2.24, 2.45) is 0 Å². The number of hydrogen-bond donors (Lipinski definition) is 1. The Morgan fingerprint density at radius 3 is 2.32 bits per heavy atom. The van der Waals surface area contributed by atoms with Gasteiger partial charge >= 0.3 is 5.97 Å². The van der Waals surface area contributed by atoms with Crippen LogP contribution >= 0.6 is 11.3 Å². The number of carboxylic acid groups (broad SMARTS) is 1. The molecule has 0 atom stereocenters. The number of anilines is 1. The minimum Gasteiger partial charge on any atom is -0.478 e. The SMILES string of the molecule is O=C(O)c1c(N2C(=O)CCC2=O)sc2c1CCCC2.